The number of nitrogens with one attached hydrogen (secondary N) is 1. The lowest BCUT2D eigenvalue weighted by Crippen LogP contribution is -2.40. The van der Waals surface area contributed by atoms with Crippen LogP contribution >= 0.6 is 11.3 Å². The standard InChI is InChI=1S/C12H15N5O3S/c1-6(2)9-14-15-11(21-9)13-8(18)7-5-16(3)12(20)17(4)10(7)19/h5-6H,1-4H3,(H,13,15,18). The van der Waals surface area contributed by atoms with E-state index in [-0.39, 0.29) is 11.5 Å². The molecule has 0 atom stereocenters. The molecule has 0 aliphatic heterocycles. The Morgan fingerprint density at radius 3 is 2.52 bits per heavy atom. The third-order valence-corrected chi connectivity index (χ3v) is 3.99. The minimum absolute atomic E-state index is 0.124. The summed E-state index contributed by atoms with van der Waals surface area (Å²) in [6.45, 7) is 3.93. The Kier molecular flexibility index (Phi) is 4.03. The van der Waals surface area contributed by atoms with Gasteiger partial charge >= 0.3 is 5.69 Å². The maximum absolute atomic E-state index is 12.1. The highest BCUT2D eigenvalue weighted by atomic mass is 32.1. The number of amides is 1. The van der Waals surface area contributed by atoms with E-state index < -0.39 is 17.2 Å². The van der Waals surface area contributed by atoms with E-state index in [0.29, 0.717) is 5.13 Å². The van der Waals surface area contributed by atoms with Gasteiger partial charge in [-0.1, -0.05) is 25.2 Å². The van der Waals surface area contributed by atoms with Crippen LogP contribution < -0.4 is 16.6 Å². The molecule has 0 aliphatic carbocycles. The predicted octanol–water partition coefficient (Wildman–Crippen LogP) is 0.311. The lowest BCUT2D eigenvalue weighted by molar-refractivity contribution is 0.102. The number of hydrogen-bond donors (Lipinski definition) is 1. The van der Waals surface area contributed by atoms with Crippen LogP contribution in [0.5, 0.6) is 0 Å². The summed E-state index contributed by atoms with van der Waals surface area (Å²) >= 11 is 1.25. The van der Waals surface area contributed by atoms with E-state index >= 15 is 0 Å². The topological polar surface area (TPSA) is 98.9 Å². The van der Waals surface area contributed by atoms with Crippen molar-refractivity contribution in [2.24, 2.45) is 14.1 Å². The number of rotatable bonds is 3. The van der Waals surface area contributed by atoms with Crippen molar-refractivity contribution in [3.63, 3.8) is 0 Å². The van der Waals surface area contributed by atoms with Crippen LogP contribution in [0.1, 0.15) is 35.1 Å². The van der Waals surface area contributed by atoms with Crippen LogP contribution in [0.15, 0.2) is 15.8 Å². The number of hydrogen-bond acceptors (Lipinski definition) is 6. The van der Waals surface area contributed by atoms with Crippen LogP contribution in [0.25, 0.3) is 0 Å². The first kappa shape index (κ1) is 15.1. The molecule has 0 aliphatic rings. The highest BCUT2D eigenvalue weighted by molar-refractivity contribution is 7.15. The number of aryl methyl sites for hydroxylation is 1. The Bertz CT molecular complexity index is 802. The summed E-state index contributed by atoms with van der Waals surface area (Å²) in [7, 11) is 2.80. The monoisotopic (exact) mass is 309 g/mol. The lowest BCUT2D eigenvalue weighted by Gasteiger charge is -2.05. The number of anilines is 1. The van der Waals surface area contributed by atoms with Crippen LogP contribution in [-0.4, -0.2) is 25.2 Å². The third kappa shape index (κ3) is 2.92. The molecule has 0 spiro atoms. The molecule has 0 unspecified atom stereocenters. The van der Waals surface area contributed by atoms with Crippen molar-refractivity contribution < 1.29 is 4.79 Å². The molecule has 2 aromatic rings. The normalized spacial score (nSPS) is 10.9. The van der Waals surface area contributed by atoms with E-state index in [1.807, 2.05) is 13.8 Å². The van der Waals surface area contributed by atoms with Crippen LogP contribution in [-0.2, 0) is 14.1 Å². The summed E-state index contributed by atoms with van der Waals surface area (Å²) in [4.78, 5) is 35.6. The first-order valence-electron chi connectivity index (χ1n) is 6.22. The number of aromatic nitrogens is 4. The zero-order valence-corrected chi connectivity index (χ0v) is 12.9. The molecule has 21 heavy (non-hydrogen) atoms. The maximum Gasteiger partial charge on any atom is 0.330 e. The Balaban J connectivity index is 2.33. The van der Waals surface area contributed by atoms with E-state index in [9.17, 15) is 14.4 Å². The molecular formula is C12H15N5O3S. The van der Waals surface area contributed by atoms with Crippen molar-refractivity contribution in [3.8, 4) is 0 Å². The van der Waals surface area contributed by atoms with Crippen molar-refractivity contribution in [1.82, 2.24) is 19.3 Å². The predicted molar refractivity (Wildman–Crippen MR) is 78.9 cm³/mol. The van der Waals surface area contributed by atoms with Crippen molar-refractivity contribution in [2.75, 3.05) is 5.32 Å². The van der Waals surface area contributed by atoms with Gasteiger partial charge in [-0.15, -0.1) is 10.2 Å². The largest absolute Gasteiger partial charge is 0.330 e. The molecule has 0 aromatic carbocycles. The highest BCUT2D eigenvalue weighted by Crippen LogP contribution is 2.22. The second kappa shape index (κ2) is 5.60. The third-order valence-electron chi connectivity index (χ3n) is 2.85. The van der Waals surface area contributed by atoms with Gasteiger partial charge in [-0.05, 0) is 0 Å². The average molecular weight is 309 g/mol. The molecule has 8 nitrogen and oxygen atoms in total. The van der Waals surface area contributed by atoms with Crippen LogP contribution in [0.4, 0.5) is 5.13 Å². The van der Waals surface area contributed by atoms with Crippen LogP contribution in [0.2, 0.25) is 0 Å². The maximum atomic E-state index is 12.1. The Hall–Kier alpha value is -2.29. The van der Waals surface area contributed by atoms with E-state index in [1.165, 1.54) is 36.2 Å². The molecule has 0 saturated carbocycles. The lowest BCUT2D eigenvalue weighted by atomic mass is 10.2. The smallest absolute Gasteiger partial charge is 0.303 e. The summed E-state index contributed by atoms with van der Waals surface area (Å²) in [6.07, 6.45) is 1.21. The SMILES string of the molecule is CC(C)c1nnc(NC(=O)c2cn(C)c(=O)n(C)c2=O)s1. The number of carbonyl (C=O) groups excluding carboxylic acids is 1. The van der Waals surface area contributed by atoms with Gasteiger partial charge in [0.15, 0.2) is 0 Å². The van der Waals surface area contributed by atoms with Crippen molar-refractivity contribution in [3.05, 3.63) is 37.6 Å². The Morgan fingerprint density at radius 2 is 1.95 bits per heavy atom. The van der Waals surface area contributed by atoms with Gasteiger partial charge in [0.25, 0.3) is 11.5 Å². The van der Waals surface area contributed by atoms with Crippen molar-refractivity contribution in [2.45, 2.75) is 19.8 Å². The zero-order chi connectivity index (χ0) is 15.7. The van der Waals surface area contributed by atoms with Gasteiger partial charge in [0.05, 0.1) is 0 Å². The van der Waals surface area contributed by atoms with E-state index in [1.54, 1.807) is 0 Å². The molecule has 9 heteroatoms. The molecule has 112 valence electrons. The molecular weight excluding hydrogens is 294 g/mol. The molecule has 1 amide bonds. The fourth-order valence-corrected chi connectivity index (χ4v) is 2.39. The second-order valence-electron chi connectivity index (χ2n) is 4.85. The minimum atomic E-state index is -0.649. The summed E-state index contributed by atoms with van der Waals surface area (Å²) in [5, 5.41) is 11.4. The van der Waals surface area contributed by atoms with Gasteiger partial charge < -0.3 is 4.57 Å². The van der Waals surface area contributed by atoms with Gasteiger partial charge in [-0.25, -0.2) is 4.79 Å². The van der Waals surface area contributed by atoms with Gasteiger partial charge in [0.2, 0.25) is 5.13 Å². The molecule has 0 bridgehead atoms. The van der Waals surface area contributed by atoms with Gasteiger partial charge in [0, 0.05) is 26.2 Å². The fourth-order valence-electron chi connectivity index (χ4n) is 1.65. The average Bonchev–Trinajstić information content (AvgIpc) is 2.89. The Labute approximate surface area is 124 Å². The molecule has 0 saturated heterocycles. The Morgan fingerprint density at radius 1 is 1.29 bits per heavy atom. The van der Waals surface area contributed by atoms with Gasteiger partial charge in [-0.3, -0.25) is 19.5 Å². The van der Waals surface area contributed by atoms with E-state index in [2.05, 4.69) is 15.5 Å². The highest BCUT2D eigenvalue weighted by Gasteiger charge is 2.17. The first-order chi connectivity index (χ1) is 9.81. The zero-order valence-electron chi connectivity index (χ0n) is 12.1. The first-order valence-corrected chi connectivity index (χ1v) is 7.04. The van der Waals surface area contributed by atoms with Crippen LogP contribution in [0, 0.1) is 0 Å². The molecule has 2 heterocycles. The number of carbonyl (C=O) groups is 1. The molecule has 2 rings (SSSR count). The summed E-state index contributed by atoms with van der Waals surface area (Å²) < 4.78 is 2.06. The van der Waals surface area contributed by atoms with E-state index in [4.69, 9.17) is 0 Å². The minimum Gasteiger partial charge on any atom is -0.303 e. The van der Waals surface area contributed by atoms with Crippen molar-refractivity contribution in [1.29, 1.82) is 0 Å². The quantitative estimate of drug-likeness (QED) is 0.880. The van der Waals surface area contributed by atoms with Crippen molar-refractivity contribution >= 4 is 22.4 Å². The second-order valence-corrected chi connectivity index (χ2v) is 5.86. The van der Waals surface area contributed by atoms with Gasteiger partial charge in [0.1, 0.15) is 10.6 Å². The molecule has 0 fully saturated rings. The molecule has 1 N–H and O–H groups in total. The summed E-state index contributed by atoms with van der Waals surface area (Å²) in [6, 6.07) is 0. The number of nitrogens with zero attached hydrogens (tertiary/aromatic N) is 4. The molecule has 2 aromatic heterocycles. The van der Waals surface area contributed by atoms with Gasteiger partial charge in [-0.2, -0.15) is 0 Å². The summed E-state index contributed by atoms with van der Waals surface area (Å²) in [5.41, 5.74) is -1.26. The summed E-state index contributed by atoms with van der Waals surface area (Å²) in [5.74, 6) is -0.406. The van der Waals surface area contributed by atoms with E-state index in [0.717, 1.165) is 9.57 Å². The fraction of sp³-hybridized carbons (Fsp3) is 0.417. The van der Waals surface area contributed by atoms with Crippen LogP contribution in [0.3, 0.4) is 0 Å². The molecule has 0 radical (unpaired) electrons.